The molecule has 1 aliphatic rings. The number of hydrogen-bond donors (Lipinski definition) is 1. The molecule has 6 heteroatoms. The maximum absolute atomic E-state index is 12.6. The Balaban J connectivity index is 0.00000264. The second-order valence-electron chi connectivity index (χ2n) is 5.77. The molecular weight excluding hydrogens is 351 g/mol. The number of hydrogen-bond acceptors (Lipinski definition) is 3. The van der Waals surface area contributed by atoms with E-state index < -0.39 is 0 Å². The lowest BCUT2D eigenvalue weighted by Crippen LogP contribution is -2.43. The average molecular weight is 377 g/mol. The van der Waals surface area contributed by atoms with E-state index in [0.717, 1.165) is 48.9 Å². The van der Waals surface area contributed by atoms with Crippen LogP contribution in [0.25, 0.3) is 0 Å². The molecular formula is C17H26Cl2N2OS. The van der Waals surface area contributed by atoms with Crippen LogP contribution in [0.1, 0.15) is 26.7 Å². The van der Waals surface area contributed by atoms with Gasteiger partial charge in [0.15, 0.2) is 0 Å². The van der Waals surface area contributed by atoms with Crippen molar-refractivity contribution < 1.29 is 4.79 Å². The number of carbonyl (C=O) groups is 1. The van der Waals surface area contributed by atoms with Gasteiger partial charge in [0, 0.05) is 18.0 Å². The molecule has 1 aromatic rings. The summed E-state index contributed by atoms with van der Waals surface area (Å²) in [5.74, 6) is 0.933. The lowest BCUT2D eigenvalue weighted by atomic mass is 9.96. The van der Waals surface area contributed by atoms with Crippen LogP contribution in [0.5, 0.6) is 0 Å². The van der Waals surface area contributed by atoms with Crippen LogP contribution in [0.2, 0.25) is 5.02 Å². The van der Waals surface area contributed by atoms with E-state index in [1.54, 1.807) is 11.8 Å². The van der Waals surface area contributed by atoms with Crippen molar-refractivity contribution in [1.82, 2.24) is 10.2 Å². The molecule has 2 rings (SSSR count). The van der Waals surface area contributed by atoms with E-state index in [4.69, 9.17) is 11.6 Å². The summed E-state index contributed by atoms with van der Waals surface area (Å²) in [7, 11) is 0. The smallest absolute Gasteiger partial charge is 0.235 e. The molecule has 1 N–H and O–H groups in total. The van der Waals surface area contributed by atoms with Gasteiger partial charge >= 0.3 is 0 Å². The fourth-order valence-electron chi connectivity index (χ4n) is 2.74. The number of benzene rings is 1. The Morgan fingerprint density at radius 3 is 2.65 bits per heavy atom. The summed E-state index contributed by atoms with van der Waals surface area (Å²) in [6, 6.07) is 7.71. The molecule has 0 saturated carbocycles. The zero-order valence-corrected chi connectivity index (χ0v) is 16.1. The molecule has 1 heterocycles. The third kappa shape index (κ3) is 6.18. The van der Waals surface area contributed by atoms with Crippen LogP contribution in [0.15, 0.2) is 29.2 Å². The van der Waals surface area contributed by atoms with Crippen molar-refractivity contribution in [2.75, 3.05) is 26.2 Å². The number of likely N-dealkylation sites (tertiary alicyclic amines) is 1. The number of nitrogens with one attached hydrogen (secondary N) is 1. The molecule has 1 aromatic carbocycles. The minimum absolute atomic E-state index is 0. The number of rotatable bonds is 6. The summed E-state index contributed by atoms with van der Waals surface area (Å²) < 4.78 is 0. The number of piperidine rings is 1. The Labute approximate surface area is 154 Å². The van der Waals surface area contributed by atoms with Crippen LogP contribution >= 0.6 is 35.8 Å². The summed E-state index contributed by atoms with van der Waals surface area (Å²) in [4.78, 5) is 15.6. The van der Waals surface area contributed by atoms with Gasteiger partial charge in [-0.25, -0.2) is 0 Å². The topological polar surface area (TPSA) is 32.3 Å². The van der Waals surface area contributed by atoms with E-state index in [-0.39, 0.29) is 23.6 Å². The maximum Gasteiger partial charge on any atom is 0.235 e. The highest BCUT2D eigenvalue weighted by Crippen LogP contribution is 2.31. The van der Waals surface area contributed by atoms with Crippen molar-refractivity contribution in [2.45, 2.75) is 36.8 Å². The van der Waals surface area contributed by atoms with Crippen LogP contribution in [-0.2, 0) is 4.79 Å². The summed E-state index contributed by atoms with van der Waals surface area (Å²) in [5.41, 5.74) is 0. The predicted octanol–water partition coefficient (Wildman–Crippen LogP) is 4.09. The number of nitrogens with zero attached hydrogens (tertiary/aromatic N) is 1. The van der Waals surface area contributed by atoms with Gasteiger partial charge in [0.25, 0.3) is 0 Å². The van der Waals surface area contributed by atoms with Crippen LogP contribution in [0.3, 0.4) is 0 Å². The number of carbonyl (C=O) groups excluding carboxylic acids is 1. The standard InChI is InChI=1S/C17H25ClN2OS.ClH/c1-3-19-12-14-8-10-20(11-9-14)17(21)13(2)22-16-7-5-4-6-15(16)18;/h4-7,13-14,19H,3,8-12H2,1-2H3;1H. The van der Waals surface area contributed by atoms with E-state index >= 15 is 0 Å². The zero-order chi connectivity index (χ0) is 15.9. The fourth-order valence-corrected chi connectivity index (χ4v) is 3.98. The first-order valence-corrected chi connectivity index (χ1v) is 9.28. The van der Waals surface area contributed by atoms with Gasteiger partial charge in [-0.1, -0.05) is 30.7 Å². The van der Waals surface area contributed by atoms with Crippen molar-refractivity contribution in [3.63, 3.8) is 0 Å². The van der Waals surface area contributed by atoms with Gasteiger partial charge < -0.3 is 10.2 Å². The number of thioether (sulfide) groups is 1. The molecule has 3 nitrogen and oxygen atoms in total. The highest BCUT2D eigenvalue weighted by atomic mass is 35.5. The SMILES string of the molecule is CCNCC1CCN(C(=O)C(C)Sc2ccccc2Cl)CC1.Cl. The second-order valence-corrected chi connectivity index (χ2v) is 7.56. The van der Waals surface area contributed by atoms with E-state index in [1.165, 1.54) is 0 Å². The molecule has 1 unspecified atom stereocenters. The quantitative estimate of drug-likeness (QED) is 0.758. The lowest BCUT2D eigenvalue weighted by Gasteiger charge is -2.33. The van der Waals surface area contributed by atoms with Gasteiger partial charge in [0.1, 0.15) is 0 Å². The van der Waals surface area contributed by atoms with Crippen LogP contribution in [0.4, 0.5) is 0 Å². The van der Waals surface area contributed by atoms with Crippen molar-refractivity contribution in [2.24, 2.45) is 5.92 Å². The summed E-state index contributed by atoms with van der Waals surface area (Å²) in [6.07, 6.45) is 2.20. The van der Waals surface area contributed by atoms with Crippen molar-refractivity contribution in [3.05, 3.63) is 29.3 Å². The second kappa shape index (κ2) is 10.4. The van der Waals surface area contributed by atoms with Gasteiger partial charge in [-0.05, 0) is 50.9 Å². The van der Waals surface area contributed by atoms with Gasteiger partial charge in [0.2, 0.25) is 5.91 Å². The van der Waals surface area contributed by atoms with E-state index in [2.05, 4.69) is 12.2 Å². The minimum atomic E-state index is -0.0924. The summed E-state index contributed by atoms with van der Waals surface area (Å²) in [5, 5.41) is 4.03. The molecule has 130 valence electrons. The van der Waals surface area contributed by atoms with E-state index in [1.807, 2.05) is 36.1 Å². The van der Waals surface area contributed by atoms with Crippen molar-refractivity contribution in [1.29, 1.82) is 0 Å². The minimum Gasteiger partial charge on any atom is -0.342 e. The molecule has 23 heavy (non-hydrogen) atoms. The zero-order valence-electron chi connectivity index (χ0n) is 13.8. The molecule has 1 fully saturated rings. The van der Waals surface area contributed by atoms with E-state index in [0.29, 0.717) is 5.92 Å². The molecule has 1 aliphatic heterocycles. The van der Waals surface area contributed by atoms with Crippen molar-refractivity contribution in [3.8, 4) is 0 Å². The first-order valence-electron chi connectivity index (χ1n) is 8.02. The number of amides is 1. The first kappa shape index (κ1) is 20.6. The molecule has 0 radical (unpaired) electrons. The van der Waals surface area contributed by atoms with Crippen LogP contribution < -0.4 is 5.32 Å². The predicted molar refractivity (Wildman–Crippen MR) is 102 cm³/mol. The fraction of sp³-hybridized carbons (Fsp3) is 0.588. The molecule has 1 atom stereocenters. The Kier molecular flexibility index (Phi) is 9.37. The molecule has 0 bridgehead atoms. The maximum atomic E-state index is 12.6. The third-order valence-electron chi connectivity index (χ3n) is 4.10. The molecule has 0 aliphatic carbocycles. The van der Waals surface area contributed by atoms with Gasteiger partial charge in [-0.3, -0.25) is 4.79 Å². The normalized spacial score (nSPS) is 16.7. The Morgan fingerprint density at radius 2 is 2.04 bits per heavy atom. The lowest BCUT2D eigenvalue weighted by molar-refractivity contribution is -0.131. The van der Waals surface area contributed by atoms with Gasteiger partial charge in [-0.15, -0.1) is 24.2 Å². The summed E-state index contributed by atoms with van der Waals surface area (Å²) >= 11 is 7.72. The Hall–Kier alpha value is -0.420. The highest BCUT2D eigenvalue weighted by molar-refractivity contribution is 8.00. The van der Waals surface area contributed by atoms with Crippen molar-refractivity contribution >= 4 is 41.7 Å². The Bertz CT molecular complexity index is 493. The molecule has 1 amide bonds. The average Bonchev–Trinajstić information content (AvgIpc) is 2.55. The molecule has 1 saturated heterocycles. The Morgan fingerprint density at radius 1 is 1.39 bits per heavy atom. The molecule has 0 aromatic heterocycles. The van der Waals surface area contributed by atoms with Gasteiger partial charge in [-0.2, -0.15) is 0 Å². The first-order chi connectivity index (χ1) is 10.6. The third-order valence-corrected chi connectivity index (χ3v) is 5.70. The highest BCUT2D eigenvalue weighted by Gasteiger charge is 2.26. The van der Waals surface area contributed by atoms with Crippen LogP contribution in [-0.4, -0.2) is 42.2 Å². The van der Waals surface area contributed by atoms with Crippen LogP contribution in [0, 0.1) is 5.92 Å². The monoisotopic (exact) mass is 376 g/mol. The van der Waals surface area contributed by atoms with Gasteiger partial charge in [0.05, 0.1) is 10.3 Å². The summed E-state index contributed by atoms with van der Waals surface area (Å²) in [6.45, 7) is 7.95. The van der Waals surface area contributed by atoms with E-state index in [9.17, 15) is 4.79 Å². The molecule has 0 spiro atoms. The number of halogens is 2. The largest absolute Gasteiger partial charge is 0.342 e.